The lowest BCUT2D eigenvalue weighted by Crippen LogP contribution is -2.56. The van der Waals surface area contributed by atoms with Gasteiger partial charge in [0, 0.05) is 99.7 Å². The molecule has 0 spiro atoms. The number of aliphatic hydroxyl groups excluding tert-OH is 1. The molecule has 0 bridgehead atoms. The van der Waals surface area contributed by atoms with Crippen LogP contribution in [0.3, 0.4) is 0 Å². The molecule has 2 aliphatic rings. The molecule has 75 heavy (non-hydrogen) atoms. The minimum absolute atomic E-state index is 0.125. The normalized spacial score (nSPS) is 16.4. The van der Waals surface area contributed by atoms with Crippen LogP contribution < -0.4 is 21.3 Å². The summed E-state index contributed by atoms with van der Waals surface area (Å²) in [5.74, 6) is 0.00875. The summed E-state index contributed by atoms with van der Waals surface area (Å²) in [7, 11) is 0. The van der Waals surface area contributed by atoms with Crippen molar-refractivity contribution in [2.45, 2.75) is 111 Å². The first-order valence-electron chi connectivity index (χ1n) is 26.2. The molecule has 3 aromatic carbocycles. The van der Waals surface area contributed by atoms with Crippen LogP contribution in [-0.4, -0.2) is 121 Å². The molecule has 5 heterocycles. The number of hydrogen-bond acceptors (Lipinski definition) is 13. The van der Waals surface area contributed by atoms with Crippen molar-refractivity contribution in [1.82, 2.24) is 45.3 Å². The number of unbranched alkanes of at least 4 members (excludes halogenated alkanes) is 4. The number of thiazole rings is 1. The van der Waals surface area contributed by atoms with E-state index in [2.05, 4.69) is 46.1 Å². The van der Waals surface area contributed by atoms with Crippen LogP contribution >= 0.6 is 11.3 Å². The molecule has 0 radical (unpaired) electrons. The van der Waals surface area contributed by atoms with Gasteiger partial charge in [0.2, 0.25) is 23.7 Å². The van der Waals surface area contributed by atoms with Gasteiger partial charge in [-0.15, -0.1) is 11.3 Å². The summed E-state index contributed by atoms with van der Waals surface area (Å²) in [6, 6.07) is 25.8. The van der Waals surface area contributed by atoms with Crippen LogP contribution in [0.15, 0.2) is 109 Å². The first-order valence-corrected chi connectivity index (χ1v) is 27.1. The predicted octanol–water partition coefficient (Wildman–Crippen LogP) is 8.54. The first-order chi connectivity index (χ1) is 36.2. The zero-order valence-corrected chi connectivity index (χ0v) is 44.7. The van der Waals surface area contributed by atoms with Gasteiger partial charge in [-0.25, -0.2) is 15.0 Å². The van der Waals surface area contributed by atoms with E-state index >= 15 is 0 Å². The molecule has 4 amide bonds. The molecule has 5 N–H and O–H groups in total. The second kappa shape index (κ2) is 25.5. The highest BCUT2D eigenvalue weighted by Crippen LogP contribution is 2.30. The molecule has 0 saturated carbocycles. The van der Waals surface area contributed by atoms with Crippen LogP contribution in [0.4, 0.5) is 17.3 Å². The third-order valence-corrected chi connectivity index (χ3v) is 15.0. The standard InChI is InChI=1S/C58H71N11O5S/c1-39-14-23-46(32-49(39)66-57-61-27-24-48(65-57)45-12-11-25-59-35-45)64-54(72)44-21-17-42(18-22-44)36-67-28-30-68(31-29-67)51(71)13-9-7-6-8-10-26-60-53(58(3,4)5)56(74)69-37-47(70)33-50(69)55(73)62-34-41-15-19-43(20-16-41)52-40(2)63-38-75-52/h11-12,14-25,27,32,35,38,47,50,53,60,70H,6-10,13,26,28-31,33-34,36-37H2,1-5H3,(H,62,73)(H,64,72)(H,61,65,66)/t47?,50?,53-/m1/s1. The molecule has 2 aliphatic heterocycles. The minimum atomic E-state index is -0.764. The van der Waals surface area contributed by atoms with Gasteiger partial charge in [0.1, 0.15) is 6.04 Å². The van der Waals surface area contributed by atoms with E-state index in [-0.39, 0.29) is 36.6 Å². The highest BCUT2D eigenvalue weighted by Gasteiger charge is 2.43. The number of likely N-dealkylation sites (tertiary alicyclic amines) is 1. The molecule has 2 saturated heterocycles. The Kier molecular flexibility index (Phi) is 18.5. The molecular weight excluding hydrogens is 963 g/mol. The van der Waals surface area contributed by atoms with E-state index in [0.29, 0.717) is 49.8 Å². The van der Waals surface area contributed by atoms with Gasteiger partial charge in [0.25, 0.3) is 5.91 Å². The number of carbonyl (C=O) groups is 4. The first kappa shape index (κ1) is 54.3. The number of pyridine rings is 1. The molecule has 16 nitrogen and oxygen atoms in total. The van der Waals surface area contributed by atoms with E-state index in [9.17, 15) is 24.3 Å². The van der Waals surface area contributed by atoms with Gasteiger partial charge in [0.15, 0.2) is 0 Å². The maximum atomic E-state index is 14.1. The average molecular weight is 1030 g/mol. The molecule has 0 aliphatic carbocycles. The number of aromatic nitrogens is 4. The molecule has 394 valence electrons. The number of β-amino-alcohol motifs (C(OH)–C–C–N with tert-alkyl or cyclic N) is 1. The van der Waals surface area contributed by atoms with E-state index < -0.39 is 23.6 Å². The van der Waals surface area contributed by atoms with Crippen molar-refractivity contribution in [3.8, 4) is 21.7 Å². The number of anilines is 3. The number of rotatable bonds is 21. The van der Waals surface area contributed by atoms with E-state index in [0.717, 1.165) is 102 Å². The lowest BCUT2D eigenvalue weighted by molar-refractivity contribution is -0.142. The molecular formula is C58H71N11O5S. The highest BCUT2D eigenvalue weighted by atomic mass is 32.1. The van der Waals surface area contributed by atoms with Crippen molar-refractivity contribution in [2.24, 2.45) is 5.41 Å². The highest BCUT2D eigenvalue weighted by molar-refractivity contribution is 7.13. The summed E-state index contributed by atoms with van der Waals surface area (Å²) in [6.07, 6.45) is 9.81. The van der Waals surface area contributed by atoms with Crippen molar-refractivity contribution in [3.05, 3.63) is 137 Å². The SMILES string of the molecule is Cc1ccc(NC(=O)c2ccc(CN3CCN(C(=O)CCCCCCCN[C@H](C(=O)N4CC(O)CC4C(=O)NCc4ccc(-c5scnc5C)cc4)C(C)(C)C)CC3)cc2)cc1Nc1nccc(-c2cccnc2)n1. The molecule has 17 heteroatoms. The van der Waals surface area contributed by atoms with Crippen molar-refractivity contribution in [3.63, 3.8) is 0 Å². The topological polar surface area (TPSA) is 198 Å². The number of benzene rings is 3. The Balaban J connectivity index is 0.699. The molecule has 2 unspecified atom stereocenters. The van der Waals surface area contributed by atoms with Crippen LogP contribution in [0.1, 0.15) is 98.5 Å². The maximum Gasteiger partial charge on any atom is 0.255 e. The molecule has 6 aromatic rings. The second-order valence-corrected chi connectivity index (χ2v) is 21.7. The zero-order chi connectivity index (χ0) is 52.9. The number of amides is 4. The maximum absolute atomic E-state index is 14.1. The van der Waals surface area contributed by atoms with Crippen LogP contribution in [0.5, 0.6) is 0 Å². The van der Waals surface area contributed by atoms with E-state index in [1.54, 1.807) is 34.8 Å². The molecule has 3 atom stereocenters. The largest absolute Gasteiger partial charge is 0.391 e. The number of nitrogens with one attached hydrogen (secondary N) is 4. The van der Waals surface area contributed by atoms with Gasteiger partial charge in [-0.3, -0.25) is 29.1 Å². The third kappa shape index (κ3) is 14.9. The fraction of sp³-hybridized carbons (Fsp3) is 0.414. The molecule has 8 rings (SSSR count). The fourth-order valence-corrected chi connectivity index (χ4v) is 10.5. The number of aliphatic hydroxyl groups is 1. The third-order valence-electron chi connectivity index (χ3n) is 14.0. The quantitative estimate of drug-likeness (QED) is 0.0432. The van der Waals surface area contributed by atoms with Crippen molar-refractivity contribution >= 4 is 52.3 Å². The number of hydrogen-bond donors (Lipinski definition) is 5. The van der Waals surface area contributed by atoms with Gasteiger partial charge >= 0.3 is 0 Å². The lowest BCUT2D eigenvalue weighted by atomic mass is 9.85. The van der Waals surface area contributed by atoms with E-state index in [1.165, 1.54) is 0 Å². The predicted molar refractivity (Wildman–Crippen MR) is 295 cm³/mol. The van der Waals surface area contributed by atoms with Crippen molar-refractivity contribution in [1.29, 1.82) is 0 Å². The monoisotopic (exact) mass is 1030 g/mol. The lowest BCUT2D eigenvalue weighted by Gasteiger charge is -2.35. The summed E-state index contributed by atoms with van der Waals surface area (Å²) < 4.78 is 0. The summed E-state index contributed by atoms with van der Waals surface area (Å²) in [5.41, 5.74) is 10.2. The summed E-state index contributed by atoms with van der Waals surface area (Å²) >= 11 is 1.60. The fourth-order valence-electron chi connectivity index (χ4n) is 9.66. The number of piperazine rings is 1. The van der Waals surface area contributed by atoms with E-state index in [1.807, 2.05) is 130 Å². The molecule has 3 aromatic heterocycles. The van der Waals surface area contributed by atoms with Crippen LogP contribution in [0.2, 0.25) is 0 Å². The van der Waals surface area contributed by atoms with Crippen molar-refractivity contribution < 1.29 is 24.3 Å². The zero-order valence-electron chi connectivity index (χ0n) is 43.8. The smallest absolute Gasteiger partial charge is 0.255 e. The summed E-state index contributed by atoms with van der Waals surface area (Å²) in [4.78, 5) is 78.6. The Morgan fingerprint density at radius 2 is 1.57 bits per heavy atom. The van der Waals surface area contributed by atoms with Gasteiger partial charge in [-0.1, -0.05) is 82.5 Å². The van der Waals surface area contributed by atoms with Crippen LogP contribution in [0, 0.1) is 19.3 Å². The Morgan fingerprint density at radius 1 is 0.827 bits per heavy atom. The number of nitrogens with zero attached hydrogens (tertiary/aromatic N) is 7. The summed E-state index contributed by atoms with van der Waals surface area (Å²) in [6.45, 7) is 14.8. The van der Waals surface area contributed by atoms with Gasteiger partial charge in [-0.05, 0) is 103 Å². The van der Waals surface area contributed by atoms with Gasteiger partial charge in [-0.2, -0.15) is 0 Å². The number of carbonyl (C=O) groups excluding carboxylic acids is 4. The van der Waals surface area contributed by atoms with E-state index in [4.69, 9.17) is 0 Å². The Bertz CT molecular complexity index is 2870. The average Bonchev–Trinajstić information content (AvgIpc) is 4.03. The summed E-state index contributed by atoms with van der Waals surface area (Å²) in [5, 5.41) is 23.4. The Hall–Kier alpha value is -6.92. The Morgan fingerprint density at radius 3 is 2.29 bits per heavy atom. The van der Waals surface area contributed by atoms with Crippen LogP contribution in [0.25, 0.3) is 21.7 Å². The second-order valence-electron chi connectivity index (χ2n) is 20.8. The minimum Gasteiger partial charge on any atom is -0.391 e. The van der Waals surface area contributed by atoms with Crippen LogP contribution in [-0.2, 0) is 27.5 Å². The number of aryl methyl sites for hydroxylation is 2. The molecule has 2 fully saturated rings. The van der Waals surface area contributed by atoms with Crippen molar-refractivity contribution in [2.75, 3.05) is 49.9 Å². The van der Waals surface area contributed by atoms with Gasteiger partial charge in [0.05, 0.1) is 33.9 Å². The Labute approximate surface area is 444 Å². The van der Waals surface area contributed by atoms with Gasteiger partial charge < -0.3 is 36.2 Å².